The molecule has 1 aliphatic rings. The van der Waals surface area contributed by atoms with Crippen LogP contribution in [-0.4, -0.2) is 11.9 Å². The molecule has 0 aliphatic carbocycles. The van der Waals surface area contributed by atoms with Gasteiger partial charge >= 0.3 is 0 Å². The van der Waals surface area contributed by atoms with Gasteiger partial charge in [0, 0.05) is 18.9 Å². The smallest absolute Gasteiger partial charge is 0.204 e. The molecule has 0 aromatic heterocycles. The molecule has 0 bridgehead atoms. The molecule has 44 valence electrons. The van der Waals surface area contributed by atoms with Crippen molar-refractivity contribution in [2.24, 2.45) is 0 Å². The van der Waals surface area contributed by atoms with Gasteiger partial charge in [-0.05, 0) is 6.42 Å². The third-order valence-electron chi connectivity index (χ3n) is 1.26. The van der Waals surface area contributed by atoms with E-state index in [0.29, 0.717) is 0 Å². The molecule has 2 radical (unpaired) electrons. The zero-order valence-corrected chi connectivity index (χ0v) is 5.23. The largest absolute Gasteiger partial charge is 0.360 e. The van der Waals surface area contributed by atoms with E-state index < -0.39 is 0 Å². The van der Waals surface area contributed by atoms with E-state index in [9.17, 15) is 0 Å². The maximum absolute atomic E-state index is 2.91. The highest BCUT2D eigenvalue weighted by Crippen LogP contribution is 2.10. The minimum Gasteiger partial charge on any atom is -0.360 e. The van der Waals surface area contributed by atoms with Gasteiger partial charge in [-0.25, -0.2) is 0 Å². The molecule has 0 amide bonds. The first-order chi connectivity index (χ1) is 3.84. The van der Waals surface area contributed by atoms with Crippen molar-refractivity contribution in [2.45, 2.75) is 13.3 Å². The van der Waals surface area contributed by atoms with E-state index >= 15 is 0 Å². The van der Waals surface area contributed by atoms with Crippen molar-refractivity contribution in [3.63, 3.8) is 0 Å². The van der Waals surface area contributed by atoms with E-state index in [1.165, 1.54) is 5.70 Å². The number of rotatable bonds is 1. The lowest BCUT2D eigenvalue weighted by Crippen LogP contribution is -2.11. The molecule has 1 aliphatic heterocycles. The molecule has 1 heterocycles. The number of allylic oxidation sites excluding steroid dienone is 1. The first kappa shape index (κ1) is 5.48. The summed E-state index contributed by atoms with van der Waals surface area (Å²) in [6, 6.07) is 0. The van der Waals surface area contributed by atoms with Gasteiger partial charge < -0.3 is 10.2 Å². The highest BCUT2D eigenvalue weighted by atomic mass is 15.2. The highest BCUT2D eigenvalue weighted by molar-refractivity contribution is 5.06. The van der Waals surface area contributed by atoms with Crippen molar-refractivity contribution >= 4 is 0 Å². The van der Waals surface area contributed by atoms with Crippen LogP contribution >= 0.6 is 0 Å². The Bertz CT molecular complexity index is 107. The lowest BCUT2D eigenvalue weighted by molar-refractivity contribution is 0.502. The number of nitrogens with zero attached hydrogens (tertiary/aromatic N) is 1. The van der Waals surface area contributed by atoms with Crippen LogP contribution in [0.3, 0.4) is 0 Å². The van der Waals surface area contributed by atoms with Crippen molar-refractivity contribution in [2.75, 3.05) is 7.05 Å². The predicted molar refractivity (Wildman–Crippen MR) is 32.5 cm³/mol. The predicted octanol–water partition coefficient (Wildman–Crippen LogP) is 0.769. The molecule has 2 nitrogen and oxygen atoms in total. The van der Waals surface area contributed by atoms with E-state index in [1.807, 2.05) is 18.1 Å². The van der Waals surface area contributed by atoms with Crippen LogP contribution in [-0.2, 0) is 0 Å². The van der Waals surface area contributed by atoms with Crippen molar-refractivity contribution < 1.29 is 0 Å². The number of hydrogen-bond donors (Lipinski definition) is 1. The Hall–Kier alpha value is -0.660. The normalized spacial score (nSPS) is 18.2. The van der Waals surface area contributed by atoms with E-state index in [-0.39, 0.29) is 0 Å². The molecule has 2 heteroatoms. The number of hydrogen-bond acceptors (Lipinski definition) is 2. The van der Waals surface area contributed by atoms with Crippen LogP contribution in [0.2, 0.25) is 0 Å². The maximum Gasteiger partial charge on any atom is 0.204 e. The second-order valence-corrected chi connectivity index (χ2v) is 1.80. The van der Waals surface area contributed by atoms with Gasteiger partial charge in [0.2, 0.25) is 6.67 Å². The van der Waals surface area contributed by atoms with Crippen LogP contribution in [0.4, 0.5) is 0 Å². The van der Waals surface area contributed by atoms with E-state index in [1.54, 1.807) is 0 Å². The fraction of sp³-hybridized carbons (Fsp3) is 0.500. The Labute approximate surface area is 50.2 Å². The van der Waals surface area contributed by atoms with Gasteiger partial charge in [-0.3, -0.25) is 0 Å². The summed E-state index contributed by atoms with van der Waals surface area (Å²) < 4.78 is 0. The van der Waals surface area contributed by atoms with Crippen LogP contribution in [0.25, 0.3) is 0 Å². The summed E-state index contributed by atoms with van der Waals surface area (Å²) in [5.74, 6) is 0. The summed E-state index contributed by atoms with van der Waals surface area (Å²) in [5, 5.41) is 2.89. The average Bonchev–Trinajstić information content (AvgIpc) is 2.14. The summed E-state index contributed by atoms with van der Waals surface area (Å²) in [5.41, 5.74) is 1.28. The van der Waals surface area contributed by atoms with Gasteiger partial charge in [0.1, 0.15) is 0 Å². The third-order valence-corrected chi connectivity index (χ3v) is 1.26. The second kappa shape index (κ2) is 2.07. The van der Waals surface area contributed by atoms with Crippen molar-refractivity contribution in [1.29, 1.82) is 0 Å². The van der Waals surface area contributed by atoms with Crippen LogP contribution in [0.5, 0.6) is 0 Å². The molecule has 0 atom stereocenters. The zero-order valence-electron chi connectivity index (χ0n) is 5.23. The van der Waals surface area contributed by atoms with Gasteiger partial charge in [0.15, 0.2) is 0 Å². The Morgan fingerprint density at radius 3 is 2.88 bits per heavy atom. The molecule has 0 saturated carbocycles. The summed E-state index contributed by atoms with van der Waals surface area (Å²) in [7, 11) is 1.98. The summed E-state index contributed by atoms with van der Waals surface area (Å²) in [6.07, 6.45) is 3.02. The zero-order chi connectivity index (χ0) is 5.98. The van der Waals surface area contributed by atoms with Crippen LogP contribution < -0.4 is 5.32 Å². The van der Waals surface area contributed by atoms with E-state index in [2.05, 4.69) is 18.9 Å². The fourth-order valence-electron chi connectivity index (χ4n) is 0.720. The Balaban J connectivity index is 2.49. The monoisotopic (exact) mass is 110 g/mol. The summed E-state index contributed by atoms with van der Waals surface area (Å²) in [6.45, 7) is 5.03. The Morgan fingerprint density at radius 2 is 2.62 bits per heavy atom. The quantitative estimate of drug-likeness (QED) is 0.536. The summed E-state index contributed by atoms with van der Waals surface area (Å²) >= 11 is 0. The van der Waals surface area contributed by atoms with Gasteiger partial charge in [-0.1, -0.05) is 6.92 Å². The average molecular weight is 110 g/mol. The number of nitrogens with one attached hydrogen (secondary N) is 1. The molecule has 0 spiro atoms. The first-order valence-corrected chi connectivity index (χ1v) is 2.78. The van der Waals surface area contributed by atoms with Crippen molar-refractivity contribution in [1.82, 2.24) is 10.2 Å². The van der Waals surface area contributed by atoms with Gasteiger partial charge in [-0.2, -0.15) is 0 Å². The van der Waals surface area contributed by atoms with Crippen LogP contribution in [0, 0.1) is 6.67 Å². The molecule has 0 unspecified atom stereocenters. The third kappa shape index (κ3) is 0.782. The minimum absolute atomic E-state index is 1.07. The minimum atomic E-state index is 1.07. The van der Waals surface area contributed by atoms with Crippen LogP contribution in [0.15, 0.2) is 11.9 Å². The Morgan fingerprint density at radius 1 is 1.88 bits per heavy atom. The van der Waals surface area contributed by atoms with E-state index in [4.69, 9.17) is 0 Å². The van der Waals surface area contributed by atoms with Crippen LogP contribution in [0.1, 0.15) is 13.3 Å². The SMILES string of the molecule is CCC1=CN[C]N1C. The van der Waals surface area contributed by atoms with Gasteiger partial charge in [0.05, 0.1) is 0 Å². The molecule has 1 N–H and O–H groups in total. The maximum atomic E-state index is 2.91. The molecule has 0 aromatic rings. The van der Waals surface area contributed by atoms with Gasteiger partial charge in [0.25, 0.3) is 0 Å². The Kier molecular flexibility index (Phi) is 1.42. The lowest BCUT2D eigenvalue weighted by atomic mass is 10.3. The summed E-state index contributed by atoms with van der Waals surface area (Å²) in [4.78, 5) is 1.96. The lowest BCUT2D eigenvalue weighted by Gasteiger charge is -2.09. The standard InChI is InChI=1S/C6H10N2/c1-3-6-4-7-5-8(6)2/h4,7H,3H2,1-2H3. The topological polar surface area (TPSA) is 15.3 Å². The fourth-order valence-corrected chi connectivity index (χ4v) is 0.720. The first-order valence-electron chi connectivity index (χ1n) is 2.78. The molecule has 8 heavy (non-hydrogen) atoms. The molecular formula is C6H10N2. The van der Waals surface area contributed by atoms with E-state index in [0.717, 1.165) is 6.42 Å². The molecule has 0 saturated heterocycles. The molecule has 1 rings (SSSR count). The highest BCUT2D eigenvalue weighted by Gasteiger charge is 2.07. The second-order valence-electron chi connectivity index (χ2n) is 1.80. The molecule has 0 aromatic carbocycles. The van der Waals surface area contributed by atoms with Crippen molar-refractivity contribution in [3.8, 4) is 0 Å². The van der Waals surface area contributed by atoms with Gasteiger partial charge in [-0.15, -0.1) is 0 Å². The molecular weight excluding hydrogens is 100 g/mol. The molecule has 0 fully saturated rings. The van der Waals surface area contributed by atoms with Crippen molar-refractivity contribution in [3.05, 3.63) is 18.6 Å².